The minimum Gasteiger partial charge on any atom is -0.400 e. The van der Waals surface area contributed by atoms with Crippen molar-refractivity contribution in [2.45, 2.75) is 51.7 Å². The largest absolute Gasteiger partial charge is 0.487 e. The normalized spacial score (nSPS) is 19.7. The molecule has 1 aliphatic heterocycles. The number of allylic oxidation sites excluding steroid dienone is 2. The SMILES string of the molecule is C=C[C@@H](/C(=C\B1OC(C)(C)C(C)(C)O1)c1ccccc1)c1ccccc1C. The summed E-state index contributed by atoms with van der Waals surface area (Å²) in [6, 6.07) is 18.9. The van der Waals surface area contributed by atoms with E-state index < -0.39 is 7.12 Å². The van der Waals surface area contributed by atoms with Gasteiger partial charge in [0.1, 0.15) is 0 Å². The van der Waals surface area contributed by atoms with Crippen LogP contribution in [0.15, 0.2) is 73.2 Å². The van der Waals surface area contributed by atoms with Crippen molar-refractivity contribution in [2.24, 2.45) is 0 Å². The zero-order valence-corrected chi connectivity index (χ0v) is 17.0. The third-order valence-corrected chi connectivity index (χ3v) is 5.79. The van der Waals surface area contributed by atoms with Crippen LogP contribution in [-0.4, -0.2) is 18.3 Å². The summed E-state index contributed by atoms with van der Waals surface area (Å²) >= 11 is 0. The lowest BCUT2D eigenvalue weighted by Crippen LogP contribution is -2.41. The molecule has 1 atom stereocenters. The maximum atomic E-state index is 6.24. The van der Waals surface area contributed by atoms with Crippen LogP contribution >= 0.6 is 0 Å². The zero-order valence-electron chi connectivity index (χ0n) is 17.0. The maximum absolute atomic E-state index is 6.24. The van der Waals surface area contributed by atoms with E-state index in [4.69, 9.17) is 9.31 Å². The van der Waals surface area contributed by atoms with E-state index in [-0.39, 0.29) is 17.1 Å². The van der Waals surface area contributed by atoms with Crippen molar-refractivity contribution >= 4 is 12.7 Å². The Kier molecular flexibility index (Phi) is 5.46. The zero-order chi connectivity index (χ0) is 19.7. The predicted molar refractivity (Wildman–Crippen MR) is 115 cm³/mol. The van der Waals surface area contributed by atoms with Crippen molar-refractivity contribution in [1.82, 2.24) is 0 Å². The van der Waals surface area contributed by atoms with Gasteiger partial charge in [-0.05, 0) is 62.9 Å². The lowest BCUT2D eigenvalue weighted by atomic mass is 9.77. The van der Waals surface area contributed by atoms with Crippen molar-refractivity contribution in [3.05, 3.63) is 89.9 Å². The molecule has 1 aliphatic rings. The minimum absolute atomic E-state index is 0.0626. The standard InChI is InChI=1S/C24H29BO2/c1-7-20(21-16-12-11-13-18(21)2)22(19-14-9-8-10-15-19)17-25-26-23(3,4)24(5,6)27-25/h7-17,20H,1H2,2-6H3/b22-17-/t20-/m1/s1. The van der Waals surface area contributed by atoms with Crippen molar-refractivity contribution in [2.75, 3.05) is 0 Å². The summed E-state index contributed by atoms with van der Waals surface area (Å²) < 4.78 is 12.5. The molecule has 0 unspecified atom stereocenters. The third kappa shape index (κ3) is 3.95. The van der Waals surface area contributed by atoms with Crippen molar-refractivity contribution in [1.29, 1.82) is 0 Å². The third-order valence-electron chi connectivity index (χ3n) is 5.79. The van der Waals surface area contributed by atoms with Gasteiger partial charge in [-0.1, -0.05) is 60.7 Å². The maximum Gasteiger partial charge on any atom is 0.487 e. The average molecular weight is 360 g/mol. The van der Waals surface area contributed by atoms with Crippen LogP contribution in [0.4, 0.5) is 0 Å². The molecular formula is C24H29BO2. The Morgan fingerprint density at radius 1 is 0.926 bits per heavy atom. The summed E-state index contributed by atoms with van der Waals surface area (Å²) in [4.78, 5) is 0. The Balaban J connectivity index is 2.07. The van der Waals surface area contributed by atoms with E-state index in [1.807, 2.05) is 12.1 Å². The van der Waals surface area contributed by atoms with Gasteiger partial charge in [-0.2, -0.15) is 0 Å². The number of rotatable bonds is 5. The average Bonchev–Trinajstić information content (AvgIpc) is 2.83. The fourth-order valence-electron chi connectivity index (χ4n) is 3.47. The van der Waals surface area contributed by atoms with Gasteiger partial charge >= 0.3 is 7.12 Å². The topological polar surface area (TPSA) is 18.5 Å². The van der Waals surface area contributed by atoms with Gasteiger partial charge < -0.3 is 9.31 Å². The minimum atomic E-state index is -0.392. The molecule has 0 amide bonds. The summed E-state index contributed by atoms with van der Waals surface area (Å²) in [5.41, 5.74) is 4.08. The van der Waals surface area contributed by atoms with Gasteiger partial charge in [-0.25, -0.2) is 0 Å². The molecule has 0 aliphatic carbocycles. The highest BCUT2D eigenvalue weighted by atomic mass is 16.7. The van der Waals surface area contributed by atoms with Crippen molar-refractivity contribution in [3.8, 4) is 0 Å². The van der Waals surface area contributed by atoms with Crippen molar-refractivity contribution in [3.63, 3.8) is 0 Å². The molecule has 0 saturated carbocycles. The van der Waals surface area contributed by atoms with E-state index in [0.29, 0.717) is 0 Å². The fourth-order valence-corrected chi connectivity index (χ4v) is 3.47. The van der Waals surface area contributed by atoms with Crippen LogP contribution in [0.25, 0.3) is 5.57 Å². The van der Waals surface area contributed by atoms with E-state index in [9.17, 15) is 0 Å². The van der Waals surface area contributed by atoms with Crippen LogP contribution in [0.3, 0.4) is 0 Å². The van der Waals surface area contributed by atoms with E-state index in [1.165, 1.54) is 11.1 Å². The highest BCUT2D eigenvalue weighted by Crippen LogP contribution is 2.40. The van der Waals surface area contributed by atoms with Crippen LogP contribution in [0.2, 0.25) is 0 Å². The Bertz CT molecular complexity index is 820. The number of aryl methyl sites for hydroxylation is 1. The van der Waals surface area contributed by atoms with Crippen LogP contribution in [0, 0.1) is 6.92 Å². The monoisotopic (exact) mass is 360 g/mol. The first kappa shape index (κ1) is 19.7. The summed E-state index contributed by atoms with van der Waals surface area (Å²) in [6.45, 7) is 14.6. The molecule has 1 saturated heterocycles. The number of hydrogen-bond donors (Lipinski definition) is 0. The van der Waals surface area contributed by atoms with E-state index in [2.05, 4.69) is 95.7 Å². The van der Waals surface area contributed by atoms with Gasteiger partial charge in [0.2, 0.25) is 0 Å². The van der Waals surface area contributed by atoms with Crippen LogP contribution in [0.1, 0.15) is 50.3 Å². The summed E-state index contributed by atoms with van der Waals surface area (Å²) in [5.74, 6) is 2.18. The Morgan fingerprint density at radius 3 is 2.04 bits per heavy atom. The lowest BCUT2D eigenvalue weighted by Gasteiger charge is -2.32. The number of benzene rings is 2. The molecule has 1 fully saturated rings. The molecule has 3 heteroatoms. The van der Waals surface area contributed by atoms with E-state index in [1.54, 1.807) is 0 Å². The smallest absolute Gasteiger partial charge is 0.400 e. The van der Waals surface area contributed by atoms with Crippen molar-refractivity contribution < 1.29 is 9.31 Å². The van der Waals surface area contributed by atoms with E-state index in [0.717, 1.165) is 11.1 Å². The summed E-state index contributed by atoms with van der Waals surface area (Å²) in [7, 11) is -0.392. The quantitative estimate of drug-likeness (QED) is 0.482. The molecular weight excluding hydrogens is 331 g/mol. The first-order chi connectivity index (χ1) is 12.7. The van der Waals surface area contributed by atoms with E-state index >= 15 is 0 Å². The molecule has 0 aromatic heterocycles. The molecule has 3 rings (SSSR count). The summed E-state index contributed by atoms with van der Waals surface area (Å²) in [5, 5.41) is 0. The Morgan fingerprint density at radius 2 is 1.48 bits per heavy atom. The van der Waals surface area contributed by atoms with Gasteiger partial charge in [-0.15, -0.1) is 6.58 Å². The van der Waals surface area contributed by atoms with Crippen LogP contribution < -0.4 is 0 Å². The highest BCUT2D eigenvalue weighted by molar-refractivity contribution is 6.53. The second-order valence-electron chi connectivity index (χ2n) is 8.18. The highest BCUT2D eigenvalue weighted by Gasteiger charge is 2.50. The van der Waals surface area contributed by atoms with Gasteiger partial charge in [-0.3, -0.25) is 0 Å². The molecule has 2 aromatic rings. The molecule has 0 radical (unpaired) electrons. The molecule has 140 valence electrons. The Hall–Kier alpha value is -2.10. The van der Waals surface area contributed by atoms with Crippen LogP contribution in [-0.2, 0) is 9.31 Å². The second kappa shape index (κ2) is 7.50. The van der Waals surface area contributed by atoms with Gasteiger partial charge in [0, 0.05) is 5.92 Å². The molecule has 0 spiro atoms. The predicted octanol–water partition coefficient (Wildman–Crippen LogP) is 5.98. The molecule has 0 bridgehead atoms. The molecule has 1 heterocycles. The first-order valence-corrected chi connectivity index (χ1v) is 9.56. The Labute approximate surface area is 164 Å². The molecule has 2 nitrogen and oxygen atoms in total. The first-order valence-electron chi connectivity index (χ1n) is 9.56. The van der Waals surface area contributed by atoms with Crippen LogP contribution in [0.5, 0.6) is 0 Å². The molecule has 27 heavy (non-hydrogen) atoms. The molecule has 2 aromatic carbocycles. The van der Waals surface area contributed by atoms with Gasteiger partial charge in [0.05, 0.1) is 11.2 Å². The van der Waals surface area contributed by atoms with Gasteiger partial charge in [0.15, 0.2) is 0 Å². The van der Waals surface area contributed by atoms with Gasteiger partial charge in [0.25, 0.3) is 0 Å². The summed E-state index contributed by atoms with van der Waals surface area (Å²) in [6.07, 6.45) is 2.01. The number of hydrogen-bond acceptors (Lipinski definition) is 2. The second-order valence-corrected chi connectivity index (χ2v) is 8.18. The fraction of sp³-hybridized carbons (Fsp3) is 0.333. The molecule has 0 N–H and O–H groups in total. The lowest BCUT2D eigenvalue weighted by molar-refractivity contribution is 0.00578.